The van der Waals surface area contributed by atoms with Gasteiger partial charge in [-0.3, -0.25) is 0 Å². The first-order valence-electron chi connectivity index (χ1n) is 5.99. The van der Waals surface area contributed by atoms with E-state index in [1.165, 1.54) is 11.1 Å². The molecule has 0 aromatic heterocycles. The Labute approximate surface area is 101 Å². The van der Waals surface area contributed by atoms with Crippen LogP contribution in [-0.4, -0.2) is 26.8 Å². The van der Waals surface area contributed by atoms with E-state index in [0.717, 1.165) is 31.0 Å². The zero-order chi connectivity index (χ0) is 11.7. The van der Waals surface area contributed by atoms with E-state index >= 15 is 0 Å². The summed E-state index contributed by atoms with van der Waals surface area (Å²) in [4.78, 5) is 0. The van der Waals surface area contributed by atoms with Crippen LogP contribution in [0.3, 0.4) is 0 Å². The second-order valence-corrected chi connectivity index (χ2v) is 4.38. The third kappa shape index (κ3) is 1.92. The van der Waals surface area contributed by atoms with Crippen molar-refractivity contribution in [3.8, 4) is 5.75 Å². The molecule has 0 aliphatic carbocycles. The second kappa shape index (κ2) is 4.64. The summed E-state index contributed by atoms with van der Waals surface area (Å²) in [6.45, 7) is 3.88. The highest BCUT2D eigenvalue weighted by Crippen LogP contribution is 2.36. The molecule has 0 radical (unpaired) electrons. The van der Waals surface area contributed by atoms with Crippen molar-refractivity contribution in [2.24, 2.45) is 0 Å². The van der Waals surface area contributed by atoms with E-state index in [-0.39, 0.29) is 6.10 Å². The summed E-state index contributed by atoms with van der Waals surface area (Å²) in [5.41, 5.74) is 3.67. The lowest BCUT2D eigenvalue weighted by atomic mass is 9.97. The van der Waals surface area contributed by atoms with Crippen molar-refractivity contribution >= 4 is 0 Å². The molecule has 2 aliphatic heterocycles. The summed E-state index contributed by atoms with van der Waals surface area (Å²) in [6, 6.07) is 4.10. The maximum Gasteiger partial charge on any atom is 0.125 e. The molecule has 4 nitrogen and oxygen atoms in total. The first-order chi connectivity index (χ1) is 8.40. The van der Waals surface area contributed by atoms with Crippen LogP contribution in [0.15, 0.2) is 12.1 Å². The Morgan fingerprint density at radius 2 is 2.29 bits per heavy atom. The van der Waals surface area contributed by atoms with Crippen LogP contribution in [0, 0.1) is 0 Å². The molecule has 92 valence electrons. The lowest BCUT2D eigenvalue weighted by Crippen LogP contribution is -2.34. The maximum absolute atomic E-state index is 5.83. The number of morpholine rings is 1. The van der Waals surface area contributed by atoms with Gasteiger partial charge in [0.1, 0.15) is 5.75 Å². The molecule has 0 saturated carbocycles. The van der Waals surface area contributed by atoms with Crippen molar-refractivity contribution in [2.75, 3.05) is 26.8 Å². The lowest BCUT2D eigenvalue weighted by Gasteiger charge is -2.27. The molecule has 1 saturated heterocycles. The molecule has 0 spiro atoms. The fourth-order valence-electron chi connectivity index (χ4n) is 2.54. The molecule has 1 fully saturated rings. The Hall–Kier alpha value is -1.10. The number of fused-ring (bicyclic) bond motifs is 1. The van der Waals surface area contributed by atoms with Crippen LogP contribution in [0.5, 0.6) is 5.75 Å². The molecule has 1 aromatic rings. The topological polar surface area (TPSA) is 39.7 Å². The Kier molecular flexibility index (Phi) is 3.01. The van der Waals surface area contributed by atoms with Crippen molar-refractivity contribution in [1.29, 1.82) is 0 Å². The first-order valence-corrected chi connectivity index (χ1v) is 5.99. The molecule has 1 atom stereocenters. The van der Waals surface area contributed by atoms with Crippen LogP contribution in [-0.2, 0) is 22.7 Å². The van der Waals surface area contributed by atoms with Crippen molar-refractivity contribution in [1.82, 2.24) is 5.32 Å². The fraction of sp³-hybridized carbons (Fsp3) is 0.538. The Balaban J connectivity index is 2.02. The van der Waals surface area contributed by atoms with E-state index in [2.05, 4.69) is 11.4 Å². The zero-order valence-electron chi connectivity index (χ0n) is 9.99. The number of nitrogens with one attached hydrogen (secondary N) is 1. The minimum atomic E-state index is 0.0790. The van der Waals surface area contributed by atoms with Gasteiger partial charge in [0, 0.05) is 18.7 Å². The summed E-state index contributed by atoms with van der Waals surface area (Å²) in [7, 11) is 1.71. The predicted molar refractivity (Wildman–Crippen MR) is 63.0 cm³/mol. The largest absolute Gasteiger partial charge is 0.496 e. The number of ether oxygens (including phenoxy) is 3. The molecule has 1 aromatic carbocycles. The first kappa shape index (κ1) is 11.0. The standard InChI is InChI=1S/C13H17NO3/c1-15-11-3-2-9-7-16-8-10(9)13(11)12-6-14-4-5-17-12/h2-3,12,14H,4-8H2,1H3. The molecular weight excluding hydrogens is 218 g/mol. The molecule has 0 amide bonds. The van der Waals surface area contributed by atoms with Crippen molar-refractivity contribution in [2.45, 2.75) is 19.3 Å². The van der Waals surface area contributed by atoms with Crippen molar-refractivity contribution < 1.29 is 14.2 Å². The normalized spacial score (nSPS) is 23.5. The SMILES string of the molecule is COc1ccc2c(c1C1CNCCO1)COC2. The highest BCUT2D eigenvalue weighted by atomic mass is 16.5. The maximum atomic E-state index is 5.83. The summed E-state index contributed by atoms with van der Waals surface area (Å²) in [5, 5.41) is 3.35. The highest BCUT2D eigenvalue weighted by molar-refractivity contribution is 5.47. The number of hydrogen-bond acceptors (Lipinski definition) is 4. The van der Waals surface area contributed by atoms with Gasteiger partial charge in [0.25, 0.3) is 0 Å². The van der Waals surface area contributed by atoms with Crippen molar-refractivity contribution in [3.63, 3.8) is 0 Å². The van der Waals surface area contributed by atoms with Gasteiger partial charge in [0.15, 0.2) is 0 Å². The van der Waals surface area contributed by atoms with Crippen LogP contribution in [0.25, 0.3) is 0 Å². The van der Waals surface area contributed by atoms with Crippen LogP contribution < -0.4 is 10.1 Å². The average molecular weight is 235 g/mol. The quantitative estimate of drug-likeness (QED) is 0.840. The Bertz CT molecular complexity index is 413. The van der Waals surface area contributed by atoms with Gasteiger partial charge in [-0.1, -0.05) is 6.07 Å². The molecule has 1 N–H and O–H groups in total. The molecule has 2 heterocycles. The fourth-order valence-corrected chi connectivity index (χ4v) is 2.54. The smallest absolute Gasteiger partial charge is 0.125 e. The molecule has 4 heteroatoms. The van der Waals surface area contributed by atoms with E-state index in [0.29, 0.717) is 13.2 Å². The van der Waals surface area contributed by atoms with Gasteiger partial charge in [0.05, 0.1) is 33.0 Å². The number of methoxy groups -OCH3 is 1. The number of hydrogen-bond donors (Lipinski definition) is 1. The minimum Gasteiger partial charge on any atom is -0.496 e. The molecular formula is C13H17NO3. The summed E-state index contributed by atoms with van der Waals surface area (Å²) in [6.07, 6.45) is 0.0790. The molecule has 2 aliphatic rings. The summed E-state index contributed by atoms with van der Waals surface area (Å²) in [5.74, 6) is 0.906. The van der Waals surface area contributed by atoms with E-state index in [1.54, 1.807) is 7.11 Å². The van der Waals surface area contributed by atoms with Gasteiger partial charge < -0.3 is 19.5 Å². The minimum absolute atomic E-state index is 0.0790. The number of benzene rings is 1. The van der Waals surface area contributed by atoms with Gasteiger partial charge in [-0.15, -0.1) is 0 Å². The third-order valence-corrected chi connectivity index (χ3v) is 3.39. The number of rotatable bonds is 2. The van der Waals surface area contributed by atoms with E-state index in [9.17, 15) is 0 Å². The van der Waals surface area contributed by atoms with E-state index < -0.39 is 0 Å². The van der Waals surface area contributed by atoms with Gasteiger partial charge in [-0.05, 0) is 17.2 Å². The second-order valence-electron chi connectivity index (χ2n) is 4.38. The highest BCUT2D eigenvalue weighted by Gasteiger charge is 2.26. The van der Waals surface area contributed by atoms with E-state index in [1.807, 2.05) is 6.07 Å². The summed E-state index contributed by atoms with van der Waals surface area (Å²) < 4.78 is 16.8. The monoisotopic (exact) mass is 235 g/mol. The van der Waals surface area contributed by atoms with Crippen LogP contribution in [0.1, 0.15) is 22.8 Å². The van der Waals surface area contributed by atoms with Crippen LogP contribution >= 0.6 is 0 Å². The lowest BCUT2D eigenvalue weighted by molar-refractivity contribution is 0.0249. The zero-order valence-corrected chi connectivity index (χ0v) is 9.99. The molecule has 0 bridgehead atoms. The Morgan fingerprint density at radius 3 is 3.06 bits per heavy atom. The third-order valence-electron chi connectivity index (χ3n) is 3.39. The van der Waals surface area contributed by atoms with Crippen LogP contribution in [0.2, 0.25) is 0 Å². The van der Waals surface area contributed by atoms with Gasteiger partial charge in [0.2, 0.25) is 0 Å². The van der Waals surface area contributed by atoms with Crippen LogP contribution in [0.4, 0.5) is 0 Å². The van der Waals surface area contributed by atoms with Gasteiger partial charge >= 0.3 is 0 Å². The Morgan fingerprint density at radius 1 is 1.35 bits per heavy atom. The predicted octanol–water partition coefficient (Wildman–Crippen LogP) is 1.39. The van der Waals surface area contributed by atoms with Gasteiger partial charge in [-0.2, -0.15) is 0 Å². The molecule has 17 heavy (non-hydrogen) atoms. The van der Waals surface area contributed by atoms with E-state index in [4.69, 9.17) is 14.2 Å². The van der Waals surface area contributed by atoms with Gasteiger partial charge in [-0.25, -0.2) is 0 Å². The molecule has 3 rings (SSSR count). The average Bonchev–Trinajstić information content (AvgIpc) is 2.86. The summed E-state index contributed by atoms with van der Waals surface area (Å²) >= 11 is 0. The van der Waals surface area contributed by atoms with Crippen molar-refractivity contribution in [3.05, 3.63) is 28.8 Å². The molecule has 1 unspecified atom stereocenters.